The maximum atomic E-state index is 13.3. The van der Waals surface area contributed by atoms with Crippen molar-refractivity contribution in [2.45, 2.75) is 32.7 Å². The molecule has 2 aromatic carbocycles. The van der Waals surface area contributed by atoms with Gasteiger partial charge in [-0.3, -0.25) is 14.2 Å². The van der Waals surface area contributed by atoms with Gasteiger partial charge in [0.25, 0.3) is 11.5 Å². The Morgan fingerprint density at radius 3 is 2.50 bits per heavy atom. The van der Waals surface area contributed by atoms with Crippen LogP contribution < -0.4 is 5.56 Å². The first kappa shape index (κ1) is 20.1. The summed E-state index contributed by atoms with van der Waals surface area (Å²) in [7, 11) is 1.71. The topological polar surface area (TPSA) is 55.2 Å². The first-order valence-corrected chi connectivity index (χ1v) is 9.88. The molecule has 0 aliphatic rings. The van der Waals surface area contributed by atoms with Crippen molar-refractivity contribution in [2.24, 2.45) is 7.05 Å². The van der Waals surface area contributed by atoms with Crippen molar-refractivity contribution in [1.29, 1.82) is 0 Å². The van der Waals surface area contributed by atoms with Gasteiger partial charge in [0, 0.05) is 13.6 Å². The summed E-state index contributed by atoms with van der Waals surface area (Å²) in [4.78, 5) is 32.7. The maximum Gasteiger partial charge on any atom is 0.261 e. The van der Waals surface area contributed by atoms with Crippen LogP contribution in [-0.2, 0) is 7.05 Å². The summed E-state index contributed by atoms with van der Waals surface area (Å²) in [6.07, 6.45) is 1.42. The number of nitrogens with zero attached hydrogens (tertiary/aromatic N) is 3. The molecule has 3 aromatic rings. The van der Waals surface area contributed by atoms with Crippen LogP contribution >= 0.6 is 11.6 Å². The van der Waals surface area contributed by atoms with Gasteiger partial charge in [0.05, 0.1) is 27.5 Å². The minimum atomic E-state index is -0.328. The van der Waals surface area contributed by atoms with E-state index in [4.69, 9.17) is 16.6 Å². The normalized spacial score (nSPS) is 12.1. The Labute approximate surface area is 169 Å². The number of hydrogen-bond donors (Lipinski definition) is 0. The molecular weight excluding hydrogens is 374 g/mol. The van der Waals surface area contributed by atoms with E-state index >= 15 is 0 Å². The van der Waals surface area contributed by atoms with Crippen LogP contribution in [0.3, 0.4) is 0 Å². The lowest BCUT2D eigenvalue weighted by Gasteiger charge is -2.32. The number of carbonyl (C=O) groups is 1. The quantitative estimate of drug-likeness (QED) is 0.611. The SMILES string of the molecule is CCCN(C(=O)c1ccccc1Cl)C(CC)c1nc2ccccc2c(=O)n1C. The lowest BCUT2D eigenvalue weighted by Crippen LogP contribution is -2.39. The molecule has 6 heteroatoms. The first-order valence-electron chi connectivity index (χ1n) is 9.50. The third-order valence-electron chi connectivity index (χ3n) is 4.91. The molecule has 28 heavy (non-hydrogen) atoms. The van der Waals surface area contributed by atoms with Crippen molar-refractivity contribution >= 4 is 28.4 Å². The number of halogens is 1. The molecule has 0 saturated carbocycles. The standard InChI is InChI=1S/C22H24ClN3O2/c1-4-14-26(22(28)15-10-6-8-12-17(15)23)19(5-2)20-24-18-13-9-7-11-16(18)21(27)25(20)3/h6-13,19H,4-5,14H2,1-3H3. The monoisotopic (exact) mass is 397 g/mol. The zero-order valence-corrected chi connectivity index (χ0v) is 17.1. The second kappa shape index (κ2) is 8.57. The molecule has 0 N–H and O–H groups in total. The van der Waals surface area contributed by atoms with Crippen molar-refractivity contribution < 1.29 is 4.79 Å². The molecular formula is C22H24ClN3O2. The predicted octanol–water partition coefficient (Wildman–Crippen LogP) is 4.59. The summed E-state index contributed by atoms with van der Waals surface area (Å²) < 4.78 is 1.55. The average Bonchev–Trinajstić information content (AvgIpc) is 2.71. The molecule has 0 saturated heterocycles. The molecule has 1 unspecified atom stereocenters. The highest BCUT2D eigenvalue weighted by Gasteiger charge is 2.28. The highest BCUT2D eigenvalue weighted by atomic mass is 35.5. The van der Waals surface area contributed by atoms with E-state index in [2.05, 4.69) is 0 Å². The van der Waals surface area contributed by atoms with Crippen LogP contribution in [0, 0.1) is 0 Å². The number of hydrogen-bond acceptors (Lipinski definition) is 3. The Bertz CT molecular complexity index is 1060. The minimum absolute atomic E-state index is 0.110. The molecule has 0 aliphatic heterocycles. The van der Waals surface area contributed by atoms with E-state index < -0.39 is 0 Å². The fourth-order valence-corrected chi connectivity index (χ4v) is 3.72. The van der Waals surface area contributed by atoms with Crippen LogP contribution in [0.1, 0.15) is 48.9 Å². The number of aromatic nitrogens is 2. The van der Waals surface area contributed by atoms with E-state index in [-0.39, 0.29) is 17.5 Å². The number of benzene rings is 2. The molecule has 3 rings (SSSR count). The van der Waals surface area contributed by atoms with E-state index in [9.17, 15) is 9.59 Å². The van der Waals surface area contributed by atoms with Gasteiger partial charge < -0.3 is 4.90 Å². The lowest BCUT2D eigenvalue weighted by atomic mass is 10.1. The molecule has 0 spiro atoms. The molecule has 1 amide bonds. The molecule has 5 nitrogen and oxygen atoms in total. The summed E-state index contributed by atoms with van der Waals surface area (Å²) in [6.45, 7) is 4.56. The van der Waals surface area contributed by atoms with Gasteiger partial charge >= 0.3 is 0 Å². The van der Waals surface area contributed by atoms with Crippen LogP contribution in [0.25, 0.3) is 10.9 Å². The Balaban J connectivity index is 2.13. The molecule has 0 aliphatic carbocycles. The van der Waals surface area contributed by atoms with Crippen LogP contribution in [0.15, 0.2) is 53.3 Å². The van der Waals surface area contributed by atoms with Gasteiger partial charge in [0.1, 0.15) is 5.82 Å². The Morgan fingerprint density at radius 1 is 1.14 bits per heavy atom. The zero-order valence-electron chi connectivity index (χ0n) is 16.4. The molecule has 1 heterocycles. The van der Waals surface area contributed by atoms with Gasteiger partial charge in [-0.2, -0.15) is 0 Å². The summed E-state index contributed by atoms with van der Waals surface area (Å²) in [5.74, 6) is 0.432. The zero-order chi connectivity index (χ0) is 20.3. The maximum absolute atomic E-state index is 13.3. The second-order valence-electron chi connectivity index (χ2n) is 6.75. The van der Waals surface area contributed by atoms with Crippen molar-refractivity contribution in [1.82, 2.24) is 14.5 Å². The highest BCUT2D eigenvalue weighted by Crippen LogP contribution is 2.27. The largest absolute Gasteiger partial charge is 0.328 e. The molecule has 0 radical (unpaired) electrons. The summed E-state index contributed by atoms with van der Waals surface area (Å²) in [6, 6.07) is 14.0. The van der Waals surface area contributed by atoms with Gasteiger partial charge in [-0.25, -0.2) is 4.98 Å². The van der Waals surface area contributed by atoms with E-state index in [1.54, 1.807) is 46.8 Å². The highest BCUT2D eigenvalue weighted by molar-refractivity contribution is 6.33. The van der Waals surface area contributed by atoms with Crippen molar-refractivity contribution in [3.8, 4) is 0 Å². The lowest BCUT2D eigenvalue weighted by molar-refractivity contribution is 0.0658. The van der Waals surface area contributed by atoms with Crippen LogP contribution in [0.5, 0.6) is 0 Å². The number of para-hydroxylation sites is 1. The fourth-order valence-electron chi connectivity index (χ4n) is 3.50. The summed E-state index contributed by atoms with van der Waals surface area (Å²) in [5.41, 5.74) is 0.989. The molecule has 0 bridgehead atoms. The molecule has 146 valence electrons. The second-order valence-corrected chi connectivity index (χ2v) is 7.16. The van der Waals surface area contributed by atoms with E-state index in [0.29, 0.717) is 40.3 Å². The van der Waals surface area contributed by atoms with Crippen LogP contribution in [0.2, 0.25) is 5.02 Å². The number of fused-ring (bicyclic) bond motifs is 1. The van der Waals surface area contributed by atoms with Gasteiger partial charge in [-0.1, -0.05) is 49.7 Å². The van der Waals surface area contributed by atoms with Gasteiger partial charge in [0.2, 0.25) is 0 Å². The Morgan fingerprint density at radius 2 is 1.82 bits per heavy atom. The molecule has 1 atom stereocenters. The van der Waals surface area contributed by atoms with Gasteiger partial charge in [-0.15, -0.1) is 0 Å². The smallest absolute Gasteiger partial charge is 0.261 e. The Hall–Kier alpha value is -2.66. The van der Waals surface area contributed by atoms with Crippen LogP contribution in [0.4, 0.5) is 0 Å². The molecule has 1 aromatic heterocycles. The van der Waals surface area contributed by atoms with Crippen molar-refractivity contribution in [3.05, 3.63) is 75.3 Å². The fraction of sp³-hybridized carbons (Fsp3) is 0.318. The number of amides is 1. The van der Waals surface area contributed by atoms with Gasteiger partial charge in [0.15, 0.2) is 0 Å². The van der Waals surface area contributed by atoms with E-state index in [0.717, 1.165) is 6.42 Å². The summed E-state index contributed by atoms with van der Waals surface area (Å²) in [5, 5.41) is 0.992. The third kappa shape index (κ3) is 3.67. The number of rotatable bonds is 6. The first-order chi connectivity index (χ1) is 13.5. The number of carbonyl (C=O) groups excluding carboxylic acids is 1. The third-order valence-corrected chi connectivity index (χ3v) is 5.24. The van der Waals surface area contributed by atoms with Gasteiger partial charge in [-0.05, 0) is 37.1 Å². The van der Waals surface area contributed by atoms with Crippen molar-refractivity contribution in [3.63, 3.8) is 0 Å². The summed E-state index contributed by atoms with van der Waals surface area (Å²) >= 11 is 6.27. The van der Waals surface area contributed by atoms with Crippen molar-refractivity contribution in [2.75, 3.05) is 6.54 Å². The minimum Gasteiger partial charge on any atom is -0.328 e. The predicted molar refractivity (Wildman–Crippen MR) is 113 cm³/mol. The van der Waals surface area contributed by atoms with E-state index in [1.807, 2.05) is 32.0 Å². The molecule has 0 fully saturated rings. The Kier molecular flexibility index (Phi) is 6.15. The average molecular weight is 398 g/mol. The van der Waals surface area contributed by atoms with Crippen LogP contribution in [-0.4, -0.2) is 26.9 Å². The van der Waals surface area contributed by atoms with E-state index in [1.165, 1.54) is 0 Å².